The monoisotopic (exact) mass is 284 g/mol. The first-order chi connectivity index (χ1) is 10.2. The van der Waals surface area contributed by atoms with E-state index in [0.717, 1.165) is 24.1 Å². The summed E-state index contributed by atoms with van der Waals surface area (Å²) in [6.45, 7) is 1.90. The van der Waals surface area contributed by atoms with Gasteiger partial charge in [-0.1, -0.05) is 17.3 Å². The van der Waals surface area contributed by atoms with E-state index < -0.39 is 0 Å². The summed E-state index contributed by atoms with van der Waals surface area (Å²) in [6.07, 6.45) is 5.54. The lowest BCUT2D eigenvalue weighted by Gasteiger charge is -2.15. The molecule has 0 saturated heterocycles. The third kappa shape index (κ3) is 3.10. The van der Waals surface area contributed by atoms with Gasteiger partial charge in [0.25, 0.3) is 0 Å². The average molecular weight is 284 g/mol. The molecule has 0 radical (unpaired) electrons. The summed E-state index contributed by atoms with van der Waals surface area (Å²) in [5, 5.41) is 3.94. The quantitative estimate of drug-likeness (QED) is 0.854. The van der Waals surface area contributed by atoms with E-state index >= 15 is 0 Å². The van der Waals surface area contributed by atoms with E-state index in [4.69, 9.17) is 4.84 Å². The molecule has 0 aliphatic carbocycles. The Bertz CT molecular complexity index is 655. The molecule has 0 unspecified atom stereocenters. The summed E-state index contributed by atoms with van der Waals surface area (Å²) >= 11 is 0. The molecule has 1 aromatic carbocycles. The predicted molar refractivity (Wildman–Crippen MR) is 79.6 cm³/mol. The lowest BCUT2D eigenvalue weighted by molar-refractivity contribution is 0.0822. The zero-order valence-electron chi connectivity index (χ0n) is 11.9. The van der Waals surface area contributed by atoms with Crippen LogP contribution in [0.3, 0.4) is 0 Å². The number of aromatic nitrogens is 1. The highest BCUT2D eigenvalue weighted by atomic mass is 19.1. The molecular weight excluding hydrogens is 267 g/mol. The van der Waals surface area contributed by atoms with Gasteiger partial charge in [-0.05, 0) is 49.1 Å². The Morgan fingerprint density at radius 1 is 1.19 bits per heavy atom. The Labute approximate surface area is 123 Å². The Morgan fingerprint density at radius 3 is 2.71 bits per heavy atom. The standard InChI is InChI=1S/C17H17FN2O/c1-12-11-16(21-20-12)17-14(3-2-4-15(17)18)6-5-13-7-9-19-10-8-13/h2-4,7-10,16H,5-6,11H2,1H3/t16-/m1/s1. The van der Waals surface area contributed by atoms with Crippen molar-refractivity contribution < 1.29 is 9.23 Å². The molecule has 0 spiro atoms. The summed E-state index contributed by atoms with van der Waals surface area (Å²) in [5.74, 6) is -0.211. The number of rotatable bonds is 4. The van der Waals surface area contributed by atoms with Gasteiger partial charge in [0.15, 0.2) is 6.10 Å². The molecule has 1 aliphatic heterocycles. The third-order valence-corrected chi connectivity index (χ3v) is 3.71. The van der Waals surface area contributed by atoms with Crippen molar-refractivity contribution in [1.29, 1.82) is 0 Å². The number of halogens is 1. The third-order valence-electron chi connectivity index (χ3n) is 3.71. The van der Waals surface area contributed by atoms with E-state index in [1.165, 1.54) is 11.6 Å². The van der Waals surface area contributed by atoms with E-state index in [9.17, 15) is 4.39 Å². The summed E-state index contributed by atoms with van der Waals surface area (Å²) in [4.78, 5) is 9.37. The molecule has 3 rings (SSSR count). The molecule has 2 heterocycles. The van der Waals surface area contributed by atoms with Gasteiger partial charge in [0.1, 0.15) is 5.82 Å². The van der Waals surface area contributed by atoms with Crippen LogP contribution < -0.4 is 0 Å². The molecular formula is C17H17FN2O. The van der Waals surface area contributed by atoms with Crippen LogP contribution in [0.15, 0.2) is 47.9 Å². The van der Waals surface area contributed by atoms with Gasteiger partial charge >= 0.3 is 0 Å². The average Bonchev–Trinajstić information content (AvgIpc) is 2.92. The van der Waals surface area contributed by atoms with Crippen molar-refractivity contribution in [2.75, 3.05) is 0 Å². The fourth-order valence-corrected chi connectivity index (χ4v) is 2.64. The molecule has 0 bridgehead atoms. The van der Waals surface area contributed by atoms with Crippen LogP contribution in [0.25, 0.3) is 0 Å². The summed E-state index contributed by atoms with van der Waals surface area (Å²) in [7, 11) is 0. The van der Waals surface area contributed by atoms with Gasteiger partial charge in [-0.15, -0.1) is 0 Å². The second-order valence-corrected chi connectivity index (χ2v) is 5.29. The maximum absolute atomic E-state index is 14.2. The van der Waals surface area contributed by atoms with Crippen molar-refractivity contribution in [3.05, 3.63) is 65.2 Å². The second kappa shape index (κ2) is 6.04. The first-order valence-corrected chi connectivity index (χ1v) is 7.09. The van der Waals surface area contributed by atoms with Crippen LogP contribution >= 0.6 is 0 Å². The molecule has 3 nitrogen and oxygen atoms in total. The molecule has 108 valence electrons. The molecule has 0 amide bonds. The first kappa shape index (κ1) is 13.7. The largest absolute Gasteiger partial charge is 0.387 e. The van der Waals surface area contributed by atoms with E-state index in [2.05, 4.69) is 10.1 Å². The molecule has 21 heavy (non-hydrogen) atoms. The zero-order valence-corrected chi connectivity index (χ0v) is 11.9. The number of nitrogens with zero attached hydrogens (tertiary/aromatic N) is 2. The van der Waals surface area contributed by atoms with Gasteiger partial charge < -0.3 is 4.84 Å². The van der Waals surface area contributed by atoms with Crippen molar-refractivity contribution in [2.45, 2.75) is 32.3 Å². The Morgan fingerprint density at radius 2 is 2.00 bits per heavy atom. The maximum Gasteiger partial charge on any atom is 0.160 e. The van der Waals surface area contributed by atoms with Crippen LogP contribution in [0.2, 0.25) is 0 Å². The molecule has 0 saturated carbocycles. The minimum absolute atomic E-state index is 0.211. The van der Waals surface area contributed by atoms with E-state index in [1.807, 2.05) is 25.1 Å². The Hall–Kier alpha value is -2.23. The van der Waals surface area contributed by atoms with Gasteiger partial charge in [0, 0.05) is 24.4 Å². The van der Waals surface area contributed by atoms with Gasteiger partial charge in [0.05, 0.1) is 5.71 Å². The highest BCUT2D eigenvalue weighted by molar-refractivity contribution is 5.83. The van der Waals surface area contributed by atoms with Crippen LogP contribution in [0.5, 0.6) is 0 Å². The number of hydrogen-bond donors (Lipinski definition) is 0. The topological polar surface area (TPSA) is 34.5 Å². The van der Waals surface area contributed by atoms with Crippen LogP contribution in [-0.2, 0) is 17.7 Å². The lowest BCUT2D eigenvalue weighted by Crippen LogP contribution is -2.07. The van der Waals surface area contributed by atoms with Crippen molar-refractivity contribution in [3.63, 3.8) is 0 Å². The number of aryl methyl sites for hydroxylation is 2. The van der Waals surface area contributed by atoms with Crippen LogP contribution in [0.1, 0.15) is 36.1 Å². The van der Waals surface area contributed by atoms with E-state index in [0.29, 0.717) is 12.0 Å². The number of oxime groups is 1. The first-order valence-electron chi connectivity index (χ1n) is 7.09. The predicted octanol–water partition coefficient (Wildman–Crippen LogP) is 3.84. The van der Waals surface area contributed by atoms with Crippen LogP contribution in [-0.4, -0.2) is 10.7 Å². The number of pyridine rings is 1. The van der Waals surface area contributed by atoms with Crippen molar-refractivity contribution in [1.82, 2.24) is 4.98 Å². The van der Waals surface area contributed by atoms with Crippen molar-refractivity contribution >= 4 is 5.71 Å². The smallest absolute Gasteiger partial charge is 0.160 e. The summed E-state index contributed by atoms with van der Waals surface area (Å²) in [5.41, 5.74) is 3.73. The highest BCUT2D eigenvalue weighted by Crippen LogP contribution is 2.32. The Kier molecular flexibility index (Phi) is 3.95. The molecule has 2 aromatic rings. The highest BCUT2D eigenvalue weighted by Gasteiger charge is 2.25. The number of hydrogen-bond acceptors (Lipinski definition) is 3. The molecule has 0 N–H and O–H groups in total. The normalized spacial score (nSPS) is 17.4. The SMILES string of the molecule is CC1=NO[C@@H](c2c(F)cccc2CCc2ccncc2)C1. The molecule has 1 aromatic heterocycles. The van der Waals surface area contributed by atoms with Gasteiger partial charge in [0.2, 0.25) is 0 Å². The zero-order chi connectivity index (χ0) is 14.7. The second-order valence-electron chi connectivity index (χ2n) is 5.29. The van der Waals surface area contributed by atoms with Gasteiger partial charge in [-0.3, -0.25) is 4.98 Å². The van der Waals surface area contributed by atoms with E-state index in [-0.39, 0.29) is 11.9 Å². The minimum Gasteiger partial charge on any atom is -0.387 e. The fraction of sp³-hybridized carbons (Fsp3) is 0.294. The van der Waals surface area contributed by atoms with Crippen LogP contribution in [0.4, 0.5) is 4.39 Å². The van der Waals surface area contributed by atoms with Gasteiger partial charge in [-0.25, -0.2) is 4.39 Å². The van der Waals surface area contributed by atoms with Crippen molar-refractivity contribution in [3.8, 4) is 0 Å². The summed E-state index contributed by atoms with van der Waals surface area (Å²) in [6, 6.07) is 9.18. The fourth-order valence-electron chi connectivity index (χ4n) is 2.64. The van der Waals surface area contributed by atoms with Gasteiger partial charge in [-0.2, -0.15) is 0 Å². The van der Waals surface area contributed by atoms with Crippen LogP contribution in [0, 0.1) is 5.82 Å². The molecule has 1 atom stereocenters. The summed E-state index contributed by atoms with van der Waals surface area (Å²) < 4.78 is 14.2. The lowest BCUT2D eigenvalue weighted by atomic mass is 9.94. The van der Waals surface area contributed by atoms with Crippen molar-refractivity contribution in [2.24, 2.45) is 5.16 Å². The number of benzene rings is 1. The molecule has 4 heteroatoms. The minimum atomic E-state index is -0.293. The molecule has 1 aliphatic rings. The molecule has 0 fully saturated rings. The Balaban J connectivity index is 1.80. The van der Waals surface area contributed by atoms with E-state index in [1.54, 1.807) is 18.5 Å². The maximum atomic E-state index is 14.2.